The second kappa shape index (κ2) is 5.28. The van der Waals surface area contributed by atoms with Crippen molar-refractivity contribution in [2.45, 2.75) is 19.9 Å². The highest BCUT2D eigenvalue weighted by atomic mass is 32.1. The van der Waals surface area contributed by atoms with Crippen LogP contribution in [0.3, 0.4) is 0 Å². The number of nitrogens with one attached hydrogen (secondary N) is 1. The van der Waals surface area contributed by atoms with Gasteiger partial charge in [-0.05, 0) is 35.5 Å². The van der Waals surface area contributed by atoms with Crippen LogP contribution in [0.15, 0.2) is 35.7 Å². The Labute approximate surface area is 101 Å². The van der Waals surface area contributed by atoms with E-state index in [1.165, 1.54) is 21.6 Å². The molecule has 16 heavy (non-hydrogen) atoms. The van der Waals surface area contributed by atoms with Crippen molar-refractivity contribution in [3.63, 3.8) is 0 Å². The Balaban J connectivity index is 2.42. The minimum atomic E-state index is 0.965. The largest absolute Gasteiger partial charge is 0.316 e. The van der Waals surface area contributed by atoms with Gasteiger partial charge in [0.15, 0.2) is 0 Å². The number of benzene rings is 1. The molecule has 0 fully saturated rings. The molecule has 1 N–H and O–H groups in total. The van der Waals surface area contributed by atoms with Crippen molar-refractivity contribution < 1.29 is 0 Å². The molecule has 0 unspecified atom stereocenters. The van der Waals surface area contributed by atoms with Crippen LogP contribution in [0, 0.1) is 0 Å². The molecule has 2 rings (SSSR count). The van der Waals surface area contributed by atoms with E-state index in [-0.39, 0.29) is 0 Å². The second-order valence-corrected chi connectivity index (χ2v) is 4.70. The summed E-state index contributed by atoms with van der Waals surface area (Å²) in [6.45, 7) is 3.19. The zero-order valence-electron chi connectivity index (χ0n) is 9.79. The fraction of sp³-hybridized carbons (Fsp3) is 0.286. The Bertz CT molecular complexity index is 445. The van der Waals surface area contributed by atoms with E-state index in [1.54, 1.807) is 0 Å². The van der Waals surface area contributed by atoms with Crippen LogP contribution in [0.25, 0.3) is 10.4 Å². The minimum Gasteiger partial charge on any atom is -0.316 e. The lowest BCUT2D eigenvalue weighted by Gasteiger charge is -2.05. The fourth-order valence-corrected chi connectivity index (χ4v) is 3.15. The van der Waals surface area contributed by atoms with Gasteiger partial charge in [0.2, 0.25) is 0 Å². The minimum absolute atomic E-state index is 0.965. The average molecular weight is 231 g/mol. The zero-order valence-corrected chi connectivity index (χ0v) is 10.6. The Kier molecular flexibility index (Phi) is 3.75. The van der Waals surface area contributed by atoms with Crippen LogP contribution in [-0.2, 0) is 13.0 Å². The Morgan fingerprint density at radius 2 is 1.94 bits per heavy atom. The third-order valence-electron chi connectivity index (χ3n) is 2.74. The van der Waals surface area contributed by atoms with Gasteiger partial charge in [-0.15, -0.1) is 11.3 Å². The summed E-state index contributed by atoms with van der Waals surface area (Å²) in [5, 5.41) is 5.51. The molecular formula is C14H17NS. The Hall–Kier alpha value is -1.12. The normalized spacial score (nSPS) is 10.6. The molecule has 0 bridgehead atoms. The van der Waals surface area contributed by atoms with E-state index in [0.29, 0.717) is 0 Å². The van der Waals surface area contributed by atoms with Crippen molar-refractivity contribution in [2.24, 2.45) is 0 Å². The van der Waals surface area contributed by atoms with Crippen LogP contribution in [0.4, 0.5) is 0 Å². The molecule has 0 amide bonds. The monoisotopic (exact) mass is 231 g/mol. The first-order chi connectivity index (χ1) is 7.86. The van der Waals surface area contributed by atoms with Gasteiger partial charge in [0.25, 0.3) is 0 Å². The van der Waals surface area contributed by atoms with E-state index < -0.39 is 0 Å². The average Bonchev–Trinajstić information content (AvgIpc) is 2.73. The van der Waals surface area contributed by atoms with Gasteiger partial charge in [-0.1, -0.05) is 37.3 Å². The summed E-state index contributed by atoms with van der Waals surface area (Å²) in [5.74, 6) is 0. The first-order valence-electron chi connectivity index (χ1n) is 5.66. The van der Waals surface area contributed by atoms with Gasteiger partial charge in [-0.2, -0.15) is 0 Å². The predicted octanol–water partition coefficient (Wildman–Crippen LogP) is 3.70. The van der Waals surface area contributed by atoms with E-state index >= 15 is 0 Å². The maximum Gasteiger partial charge on any atom is 0.0377 e. The summed E-state index contributed by atoms with van der Waals surface area (Å²) in [7, 11) is 2.00. The lowest BCUT2D eigenvalue weighted by atomic mass is 10.0. The Morgan fingerprint density at radius 3 is 2.56 bits per heavy atom. The molecule has 2 heteroatoms. The summed E-state index contributed by atoms with van der Waals surface area (Å²) >= 11 is 1.85. The quantitative estimate of drug-likeness (QED) is 0.846. The first kappa shape index (κ1) is 11.4. The van der Waals surface area contributed by atoms with Gasteiger partial charge in [0.1, 0.15) is 0 Å². The van der Waals surface area contributed by atoms with Crippen LogP contribution >= 0.6 is 11.3 Å². The molecule has 1 aromatic heterocycles. The molecule has 0 atom stereocenters. The van der Waals surface area contributed by atoms with Crippen LogP contribution in [0.1, 0.15) is 18.1 Å². The number of hydrogen-bond acceptors (Lipinski definition) is 2. The zero-order chi connectivity index (χ0) is 11.4. The first-order valence-corrected chi connectivity index (χ1v) is 6.54. The topological polar surface area (TPSA) is 12.0 Å². The standard InChI is InChI=1S/C14H17NS/c1-3-13-12(9-15-2)10-16-14(13)11-7-5-4-6-8-11/h4-8,10,15H,3,9H2,1-2H3. The van der Waals surface area contributed by atoms with E-state index in [1.807, 2.05) is 18.4 Å². The van der Waals surface area contributed by atoms with Crippen LogP contribution in [0.5, 0.6) is 0 Å². The van der Waals surface area contributed by atoms with E-state index in [0.717, 1.165) is 13.0 Å². The van der Waals surface area contributed by atoms with Crippen molar-refractivity contribution in [1.82, 2.24) is 5.32 Å². The van der Waals surface area contributed by atoms with E-state index in [9.17, 15) is 0 Å². The maximum atomic E-state index is 3.23. The van der Waals surface area contributed by atoms with Crippen molar-refractivity contribution in [1.29, 1.82) is 0 Å². The lowest BCUT2D eigenvalue weighted by molar-refractivity contribution is 0.810. The molecule has 0 aliphatic heterocycles. The van der Waals surface area contributed by atoms with Crippen molar-refractivity contribution in [3.8, 4) is 10.4 Å². The third kappa shape index (κ3) is 2.18. The van der Waals surface area contributed by atoms with Crippen molar-refractivity contribution >= 4 is 11.3 Å². The molecule has 1 heterocycles. The fourth-order valence-electron chi connectivity index (χ4n) is 1.98. The highest BCUT2D eigenvalue weighted by molar-refractivity contribution is 7.14. The highest BCUT2D eigenvalue weighted by Crippen LogP contribution is 2.33. The van der Waals surface area contributed by atoms with Crippen LogP contribution < -0.4 is 5.32 Å². The van der Waals surface area contributed by atoms with Gasteiger partial charge < -0.3 is 5.32 Å². The maximum absolute atomic E-state index is 3.23. The van der Waals surface area contributed by atoms with Gasteiger partial charge >= 0.3 is 0 Å². The summed E-state index contributed by atoms with van der Waals surface area (Å²) in [6, 6.07) is 10.7. The van der Waals surface area contributed by atoms with Gasteiger partial charge in [0, 0.05) is 11.4 Å². The molecule has 0 saturated carbocycles. The molecule has 2 aromatic rings. The third-order valence-corrected chi connectivity index (χ3v) is 3.86. The molecule has 0 aliphatic rings. The molecular weight excluding hydrogens is 214 g/mol. The molecule has 0 saturated heterocycles. The molecule has 1 aromatic carbocycles. The molecule has 84 valence electrons. The van der Waals surface area contributed by atoms with Gasteiger partial charge in [-0.25, -0.2) is 0 Å². The SMILES string of the molecule is CCc1c(CNC)csc1-c1ccccc1. The number of hydrogen-bond donors (Lipinski definition) is 1. The summed E-state index contributed by atoms with van der Waals surface area (Å²) in [4.78, 5) is 1.42. The van der Waals surface area contributed by atoms with E-state index in [4.69, 9.17) is 0 Å². The smallest absolute Gasteiger partial charge is 0.0377 e. The van der Waals surface area contributed by atoms with Gasteiger partial charge in [0.05, 0.1) is 0 Å². The number of thiophene rings is 1. The second-order valence-electron chi connectivity index (χ2n) is 3.82. The predicted molar refractivity (Wildman–Crippen MR) is 71.9 cm³/mol. The molecule has 1 nitrogen and oxygen atoms in total. The summed E-state index contributed by atoms with van der Waals surface area (Å²) in [6.07, 6.45) is 1.10. The lowest BCUT2D eigenvalue weighted by Crippen LogP contribution is -2.05. The van der Waals surface area contributed by atoms with Crippen molar-refractivity contribution in [3.05, 3.63) is 46.8 Å². The van der Waals surface area contributed by atoms with Gasteiger partial charge in [-0.3, -0.25) is 0 Å². The van der Waals surface area contributed by atoms with E-state index in [2.05, 4.69) is 48.0 Å². The highest BCUT2D eigenvalue weighted by Gasteiger charge is 2.10. The number of rotatable bonds is 4. The molecule has 0 aliphatic carbocycles. The van der Waals surface area contributed by atoms with Crippen molar-refractivity contribution in [2.75, 3.05) is 7.05 Å². The summed E-state index contributed by atoms with van der Waals surface area (Å²) < 4.78 is 0. The summed E-state index contributed by atoms with van der Waals surface area (Å²) in [5.41, 5.74) is 4.27. The Morgan fingerprint density at radius 1 is 1.19 bits per heavy atom. The van der Waals surface area contributed by atoms with Crippen LogP contribution in [-0.4, -0.2) is 7.05 Å². The molecule has 0 spiro atoms. The molecule has 0 radical (unpaired) electrons. The van der Waals surface area contributed by atoms with Crippen LogP contribution in [0.2, 0.25) is 0 Å².